The third-order valence-electron chi connectivity index (χ3n) is 24.3. The molecule has 16 unspecified atom stereocenters. The summed E-state index contributed by atoms with van der Waals surface area (Å²) in [6.07, 6.45) is 36.2. The molecule has 10 fully saturated rings. The monoisotopic (exact) mass is 1320 g/mol. The van der Waals surface area contributed by atoms with Gasteiger partial charge in [0.15, 0.2) is 0 Å². The summed E-state index contributed by atoms with van der Waals surface area (Å²) < 4.78 is 36.9. The van der Waals surface area contributed by atoms with E-state index in [-0.39, 0.29) is 83.1 Å². The van der Waals surface area contributed by atoms with Crippen molar-refractivity contribution in [1.82, 2.24) is 0 Å². The minimum absolute atomic E-state index is 0.0942. The quantitative estimate of drug-likeness (QED) is 0.0440. The van der Waals surface area contributed by atoms with E-state index in [1.165, 1.54) is 108 Å². The van der Waals surface area contributed by atoms with Crippen LogP contribution in [-0.4, -0.2) is 85.5 Å². The van der Waals surface area contributed by atoms with Crippen molar-refractivity contribution in [3.05, 3.63) is 98.2 Å². The van der Waals surface area contributed by atoms with Crippen molar-refractivity contribution in [3.8, 4) is 0 Å². The van der Waals surface area contributed by atoms with E-state index in [0.29, 0.717) is 81.5 Å². The Kier molecular flexibility index (Phi) is 30.4. The maximum Gasteiger partial charge on any atom is 0.333 e. The van der Waals surface area contributed by atoms with Gasteiger partial charge in [-0.2, -0.15) is 0 Å². The van der Waals surface area contributed by atoms with E-state index in [4.69, 9.17) is 33.2 Å². The van der Waals surface area contributed by atoms with Gasteiger partial charge in [0, 0.05) is 56.8 Å². The van der Waals surface area contributed by atoms with Gasteiger partial charge in [0.2, 0.25) is 0 Å². The van der Waals surface area contributed by atoms with Crippen LogP contribution >= 0.6 is 0 Å². The Morgan fingerprint density at radius 3 is 1.28 bits per heavy atom. The van der Waals surface area contributed by atoms with E-state index >= 15 is 0 Å². The van der Waals surface area contributed by atoms with Gasteiger partial charge in [-0.25, -0.2) is 33.6 Å². The molecule has 0 saturated heterocycles. The lowest BCUT2D eigenvalue weighted by Gasteiger charge is -2.38. The molecular formula is C81H124O14. The summed E-state index contributed by atoms with van der Waals surface area (Å²) in [5, 5.41) is 0. The Morgan fingerprint density at radius 1 is 0.442 bits per heavy atom. The van der Waals surface area contributed by atoms with Crippen LogP contribution in [0.5, 0.6) is 0 Å². The number of carbonyl (C=O) groups excluding carboxylic acids is 7. The van der Waals surface area contributed by atoms with Crippen LogP contribution in [0.25, 0.3) is 0 Å². The Bertz CT molecular complexity index is 2710. The van der Waals surface area contributed by atoms with Crippen molar-refractivity contribution in [3.63, 3.8) is 0 Å². The summed E-state index contributed by atoms with van der Waals surface area (Å²) in [5.41, 5.74) is 3.42. The lowest BCUT2D eigenvalue weighted by atomic mass is 9.70. The first kappa shape index (κ1) is 79.9. The molecule has 95 heavy (non-hydrogen) atoms. The van der Waals surface area contributed by atoms with E-state index < -0.39 is 0 Å². The maximum absolute atomic E-state index is 11.5. The minimum Gasteiger partial charge on any atom is -0.462 e. The zero-order chi connectivity index (χ0) is 70.8. The lowest BCUT2D eigenvalue weighted by molar-refractivity contribution is -0.151. The highest BCUT2D eigenvalue weighted by Crippen LogP contribution is 2.67. The number of hydrogen-bond donors (Lipinski definition) is 0. The smallest absolute Gasteiger partial charge is 0.333 e. The van der Waals surface area contributed by atoms with Crippen LogP contribution in [0.15, 0.2) is 98.2 Å². The molecule has 0 heterocycles. The van der Waals surface area contributed by atoms with Crippen molar-refractivity contribution in [2.75, 3.05) is 13.2 Å². The Labute approximate surface area is 572 Å². The molecule has 14 nitrogen and oxygen atoms in total. The van der Waals surface area contributed by atoms with Crippen molar-refractivity contribution in [1.29, 1.82) is 0 Å². The molecule has 0 radical (unpaired) electrons. The molecule has 0 spiro atoms. The summed E-state index contributed by atoms with van der Waals surface area (Å²) in [6, 6.07) is 0. The summed E-state index contributed by atoms with van der Waals surface area (Å²) in [5.74, 6) is 5.91. The second-order valence-corrected chi connectivity index (χ2v) is 31.2. The predicted octanol–water partition coefficient (Wildman–Crippen LogP) is 18.1. The van der Waals surface area contributed by atoms with Crippen LogP contribution in [0.4, 0.5) is 0 Å². The topological polar surface area (TPSA) is 184 Å². The number of allylic oxidation sites excluding steroid dienone is 2. The second-order valence-electron chi connectivity index (χ2n) is 31.2. The van der Waals surface area contributed by atoms with Crippen molar-refractivity contribution >= 4 is 41.8 Å². The van der Waals surface area contributed by atoms with Crippen LogP contribution in [0.2, 0.25) is 0 Å². The highest BCUT2D eigenvalue weighted by Gasteiger charge is 2.64. The Hall–Kier alpha value is -5.79. The fourth-order valence-electron chi connectivity index (χ4n) is 17.8. The van der Waals surface area contributed by atoms with Crippen LogP contribution in [0.3, 0.4) is 0 Å². The van der Waals surface area contributed by atoms with Crippen LogP contribution in [0, 0.1) is 80.8 Å². The number of hydrogen-bond acceptors (Lipinski definition) is 14. The highest BCUT2D eigenvalue weighted by molar-refractivity contribution is 5.89. The summed E-state index contributed by atoms with van der Waals surface area (Å²) in [4.78, 5) is 78.2. The van der Waals surface area contributed by atoms with Gasteiger partial charge in [0.05, 0.1) is 13.2 Å². The third kappa shape index (κ3) is 20.4. The predicted molar refractivity (Wildman–Crippen MR) is 376 cm³/mol. The first-order valence-electron chi connectivity index (χ1n) is 36.3. The van der Waals surface area contributed by atoms with Crippen molar-refractivity contribution < 1.29 is 66.7 Å². The molecular weight excluding hydrogens is 1200 g/mol. The lowest BCUT2D eigenvalue weighted by Crippen LogP contribution is -2.38. The Morgan fingerprint density at radius 2 is 0.863 bits per heavy atom. The highest BCUT2D eigenvalue weighted by atomic mass is 16.6. The van der Waals surface area contributed by atoms with Gasteiger partial charge >= 0.3 is 41.8 Å². The van der Waals surface area contributed by atoms with Gasteiger partial charge in [0.25, 0.3) is 0 Å². The van der Waals surface area contributed by atoms with E-state index in [1.54, 1.807) is 34.6 Å². The molecule has 16 atom stereocenters. The normalized spacial score (nSPS) is 32.6. The van der Waals surface area contributed by atoms with Gasteiger partial charge in [-0.15, -0.1) is 0 Å². The molecule has 8 bridgehead atoms. The van der Waals surface area contributed by atoms with E-state index in [0.717, 1.165) is 87.4 Å². The van der Waals surface area contributed by atoms with Gasteiger partial charge < -0.3 is 33.2 Å². The van der Waals surface area contributed by atoms with Crippen LogP contribution in [0.1, 0.15) is 244 Å². The van der Waals surface area contributed by atoms with Gasteiger partial charge in [0.1, 0.15) is 30.5 Å². The molecule has 0 aromatic carbocycles. The maximum atomic E-state index is 11.5. The molecule has 0 aromatic rings. The molecule has 0 N–H and O–H groups in total. The fraction of sp³-hybridized carbons (Fsp3) is 0.716. The summed E-state index contributed by atoms with van der Waals surface area (Å²) >= 11 is 0. The molecule has 14 heteroatoms. The Balaban J connectivity index is 0.000000203. The van der Waals surface area contributed by atoms with Gasteiger partial charge in [-0.3, -0.25) is 0 Å². The van der Waals surface area contributed by atoms with E-state index in [1.807, 2.05) is 6.92 Å². The van der Waals surface area contributed by atoms with Crippen LogP contribution < -0.4 is 0 Å². The van der Waals surface area contributed by atoms with Gasteiger partial charge in [-0.1, -0.05) is 146 Å². The molecule has 0 aliphatic heterocycles. The average molecular weight is 1320 g/mol. The molecule has 11 aliphatic rings. The van der Waals surface area contributed by atoms with Crippen molar-refractivity contribution in [2.45, 2.75) is 275 Å². The van der Waals surface area contributed by atoms with E-state index in [2.05, 4.69) is 107 Å². The third-order valence-corrected chi connectivity index (χ3v) is 24.3. The van der Waals surface area contributed by atoms with Crippen LogP contribution in [-0.2, 0) is 66.7 Å². The van der Waals surface area contributed by atoms with Crippen molar-refractivity contribution in [2.24, 2.45) is 80.8 Å². The zero-order valence-corrected chi connectivity index (χ0v) is 61.0. The number of fused-ring (bicyclic) bond motifs is 14. The first-order valence-corrected chi connectivity index (χ1v) is 36.3. The molecule has 10 saturated carbocycles. The number of ether oxygens (including phenoxy) is 7. The number of rotatable bonds is 17. The molecule has 11 rings (SSSR count). The SMILES string of the molecule is C=C(C)C(=O)OC1CC2CC1C1C=CCC21.C=C(C)C(=O)OC1CC2CC1C1CCCC21.C=C(C)C(=O)OC1CCCCCCC1.C=C(C)C(=O)OCCC.C=C(C)C(=O)OCCCC.C=CC(=O)OC1CC2CCC1(C)C2(C)C.C=CC(=O)OC1CC2CCC1(C)C2(C)C. The standard InChI is InChI=1S/C14H20O2.C14H18O2.2C13H20O2.C12H20O2.C8H14O2.C7H12O2/c2*1-8(2)14(15)16-13-7-9-6-12(13)11-5-3-4-10(9)11;2*1-5-11(14)15-10-8-9-6-7-13(10,4)12(9,2)3;1-10(2)12(13)14-11-8-6-4-3-5-7-9-11;1-4-5-6-10-8(9)7(2)3;1-4-5-9-7(8)6(2)3/h9-13H,1,3-7H2,2H3;3,5,9-13H,1,4,6-7H2,2H3;2*5,9-10H,1,6-8H2,2-4H3;11H,1,3-9H2,2H3;2,4-6H2,1,3H3;2,4-5H2,1,3H3. The van der Waals surface area contributed by atoms with E-state index in [9.17, 15) is 33.6 Å². The number of unbranched alkanes of at least 4 members (excludes halogenated alkanes) is 1. The summed E-state index contributed by atoms with van der Waals surface area (Å²) in [6.45, 7) is 51.9. The minimum atomic E-state index is -0.295. The molecule has 11 aliphatic carbocycles. The fourth-order valence-corrected chi connectivity index (χ4v) is 17.8. The largest absolute Gasteiger partial charge is 0.462 e. The number of esters is 7. The summed E-state index contributed by atoms with van der Waals surface area (Å²) in [7, 11) is 0. The van der Waals surface area contributed by atoms with Gasteiger partial charge in [-0.05, 0) is 221 Å². The first-order chi connectivity index (χ1) is 44.7. The zero-order valence-electron chi connectivity index (χ0n) is 61.0. The average Bonchev–Trinajstić information content (AvgIpc) is 1.56. The second kappa shape index (κ2) is 36.2. The molecule has 532 valence electrons. The number of carbonyl (C=O) groups is 7. The molecule has 0 aromatic heterocycles. The molecule has 0 amide bonds.